The van der Waals surface area contributed by atoms with Gasteiger partial charge in [-0.1, -0.05) is 12.1 Å². The summed E-state index contributed by atoms with van der Waals surface area (Å²) in [5.41, 5.74) is 2.15. The average molecular weight is 203 g/mol. The van der Waals surface area contributed by atoms with Crippen LogP contribution in [0.15, 0.2) is 30.5 Å². The van der Waals surface area contributed by atoms with Crippen LogP contribution in [0.25, 0.3) is 5.57 Å². The molecule has 3 nitrogen and oxygen atoms in total. The maximum absolute atomic E-state index is 10.8. The lowest BCUT2D eigenvalue weighted by atomic mass is 9.88. The fourth-order valence-electron chi connectivity index (χ4n) is 1.84. The molecule has 1 heterocycles. The zero-order valence-electron chi connectivity index (χ0n) is 8.39. The summed E-state index contributed by atoms with van der Waals surface area (Å²) in [5.74, 6) is -0.899. The summed E-state index contributed by atoms with van der Waals surface area (Å²) in [6, 6.07) is 5.80. The lowest BCUT2D eigenvalue weighted by Gasteiger charge is -2.17. The standard InChI is InChI=1S/C12H13NO2/c14-12(15)10-6-4-9(5-7-10)11-3-1-2-8-13-11/h1-4,8,10H,5-7H2,(H,14,15). The number of hydrogen-bond donors (Lipinski definition) is 1. The molecule has 78 valence electrons. The Morgan fingerprint density at radius 3 is 2.87 bits per heavy atom. The fourth-order valence-corrected chi connectivity index (χ4v) is 1.84. The Kier molecular flexibility index (Phi) is 2.81. The van der Waals surface area contributed by atoms with E-state index in [2.05, 4.69) is 4.98 Å². The number of allylic oxidation sites excluding steroid dienone is 2. The lowest BCUT2D eigenvalue weighted by Crippen LogP contribution is -2.15. The monoisotopic (exact) mass is 203 g/mol. The summed E-state index contributed by atoms with van der Waals surface area (Å²) in [7, 11) is 0. The molecule has 1 aromatic rings. The Morgan fingerprint density at radius 2 is 2.33 bits per heavy atom. The van der Waals surface area contributed by atoms with Gasteiger partial charge in [-0.3, -0.25) is 9.78 Å². The van der Waals surface area contributed by atoms with Crippen LogP contribution in [0.4, 0.5) is 0 Å². The molecule has 0 saturated heterocycles. The van der Waals surface area contributed by atoms with Gasteiger partial charge in [0.1, 0.15) is 0 Å². The quantitative estimate of drug-likeness (QED) is 0.802. The van der Waals surface area contributed by atoms with Crippen LogP contribution in [0.2, 0.25) is 0 Å². The predicted octanol–water partition coefficient (Wildman–Crippen LogP) is 2.35. The second-order valence-corrected chi connectivity index (χ2v) is 3.75. The maximum Gasteiger partial charge on any atom is 0.306 e. The van der Waals surface area contributed by atoms with E-state index >= 15 is 0 Å². The number of carboxylic acids is 1. The molecule has 0 bridgehead atoms. The highest BCUT2D eigenvalue weighted by Crippen LogP contribution is 2.28. The van der Waals surface area contributed by atoms with Crippen molar-refractivity contribution in [2.75, 3.05) is 0 Å². The molecule has 0 spiro atoms. The molecule has 1 N–H and O–H groups in total. The Morgan fingerprint density at radius 1 is 1.47 bits per heavy atom. The molecule has 1 aromatic heterocycles. The first-order valence-electron chi connectivity index (χ1n) is 5.10. The Labute approximate surface area is 88.5 Å². The van der Waals surface area contributed by atoms with Gasteiger partial charge >= 0.3 is 5.97 Å². The van der Waals surface area contributed by atoms with Gasteiger partial charge in [-0.15, -0.1) is 0 Å². The van der Waals surface area contributed by atoms with E-state index in [0.29, 0.717) is 6.42 Å². The van der Waals surface area contributed by atoms with E-state index in [-0.39, 0.29) is 5.92 Å². The predicted molar refractivity (Wildman–Crippen MR) is 57.2 cm³/mol. The summed E-state index contributed by atoms with van der Waals surface area (Å²) >= 11 is 0. The molecule has 1 atom stereocenters. The third-order valence-corrected chi connectivity index (χ3v) is 2.75. The van der Waals surface area contributed by atoms with Gasteiger partial charge in [0.2, 0.25) is 0 Å². The van der Waals surface area contributed by atoms with E-state index in [9.17, 15) is 4.79 Å². The molecule has 0 radical (unpaired) electrons. The van der Waals surface area contributed by atoms with Crippen LogP contribution in [0.5, 0.6) is 0 Å². The summed E-state index contributed by atoms with van der Waals surface area (Å²) < 4.78 is 0. The first kappa shape index (κ1) is 9.90. The van der Waals surface area contributed by atoms with Gasteiger partial charge in [-0.05, 0) is 37.0 Å². The third kappa shape index (κ3) is 2.24. The van der Waals surface area contributed by atoms with Gasteiger partial charge in [0.25, 0.3) is 0 Å². The van der Waals surface area contributed by atoms with Gasteiger partial charge in [0.05, 0.1) is 11.6 Å². The Hall–Kier alpha value is -1.64. The van der Waals surface area contributed by atoms with Crippen LogP contribution in [0.3, 0.4) is 0 Å². The third-order valence-electron chi connectivity index (χ3n) is 2.75. The molecule has 0 saturated carbocycles. The highest BCUT2D eigenvalue weighted by Gasteiger charge is 2.21. The van der Waals surface area contributed by atoms with Gasteiger partial charge in [0, 0.05) is 6.20 Å². The molecule has 0 fully saturated rings. The molecule has 3 heteroatoms. The number of hydrogen-bond acceptors (Lipinski definition) is 2. The molecule has 1 aliphatic carbocycles. The number of aromatic nitrogens is 1. The van der Waals surface area contributed by atoms with Crippen molar-refractivity contribution in [1.82, 2.24) is 4.98 Å². The zero-order valence-corrected chi connectivity index (χ0v) is 8.39. The van der Waals surface area contributed by atoms with E-state index < -0.39 is 5.97 Å². The number of aliphatic carboxylic acids is 1. The van der Waals surface area contributed by atoms with E-state index in [1.807, 2.05) is 24.3 Å². The van der Waals surface area contributed by atoms with Crippen molar-refractivity contribution in [1.29, 1.82) is 0 Å². The van der Waals surface area contributed by atoms with Gasteiger partial charge < -0.3 is 5.11 Å². The van der Waals surface area contributed by atoms with Gasteiger partial charge in [0.15, 0.2) is 0 Å². The second kappa shape index (κ2) is 4.26. The Bertz CT molecular complexity index is 384. The smallest absolute Gasteiger partial charge is 0.306 e. The number of carbonyl (C=O) groups is 1. The second-order valence-electron chi connectivity index (χ2n) is 3.75. The molecular weight excluding hydrogens is 190 g/mol. The lowest BCUT2D eigenvalue weighted by molar-refractivity contribution is -0.141. The number of nitrogens with zero attached hydrogens (tertiary/aromatic N) is 1. The zero-order chi connectivity index (χ0) is 10.7. The summed E-state index contributed by atoms with van der Waals surface area (Å²) in [6.07, 6.45) is 5.93. The van der Waals surface area contributed by atoms with Crippen LogP contribution in [-0.2, 0) is 4.79 Å². The van der Waals surface area contributed by atoms with Crippen molar-refractivity contribution in [3.8, 4) is 0 Å². The van der Waals surface area contributed by atoms with E-state index in [1.54, 1.807) is 6.20 Å². The largest absolute Gasteiger partial charge is 0.481 e. The molecule has 0 aromatic carbocycles. The van der Waals surface area contributed by atoms with Crippen LogP contribution >= 0.6 is 0 Å². The van der Waals surface area contributed by atoms with E-state index in [1.165, 1.54) is 5.57 Å². The average Bonchev–Trinajstić information content (AvgIpc) is 2.30. The van der Waals surface area contributed by atoms with Gasteiger partial charge in [-0.25, -0.2) is 0 Å². The molecule has 2 rings (SSSR count). The Balaban J connectivity index is 2.12. The highest BCUT2D eigenvalue weighted by atomic mass is 16.4. The molecular formula is C12H13NO2. The molecule has 0 aliphatic heterocycles. The molecule has 15 heavy (non-hydrogen) atoms. The normalized spacial score (nSPS) is 20.8. The van der Waals surface area contributed by atoms with Crippen molar-refractivity contribution in [2.24, 2.45) is 5.92 Å². The van der Waals surface area contributed by atoms with Gasteiger partial charge in [-0.2, -0.15) is 0 Å². The van der Waals surface area contributed by atoms with Crippen molar-refractivity contribution >= 4 is 11.5 Å². The van der Waals surface area contributed by atoms with Crippen molar-refractivity contribution in [3.05, 3.63) is 36.2 Å². The van der Waals surface area contributed by atoms with E-state index in [0.717, 1.165) is 18.5 Å². The molecule has 0 amide bonds. The number of pyridine rings is 1. The first-order chi connectivity index (χ1) is 7.27. The van der Waals surface area contributed by atoms with Crippen LogP contribution in [0.1, 0.15) is 25.0 Å². The molecule has 1 aliphatic rings. The summed E-state index contributed by atoms with van der Waals surface area (Å²) in [4.78, 5) is 15.0. The molecule has 1 unspecified atom stereocenters. The minimum Gasteiger partial charge on any atom is -0.481 e. The van der Waals surface area contributed by atoms with Crippen LogP contribution in [-0.4, -0.2) is 16.1 Å². The van der Waals surface area contributed by atoms with Crippen LogP contribution in [0, 0.1) is 5.92 Å². The van der Waals surface area contributed by atoms with Crippen molar-refractivity contribution in [3.63, 3.8) is 0 Å². The fraction of sp³-hybridized carbons (Fsp3) is 0.333. The summed E-state index contributed by atoms with van der Waals surface area (Å²) in [5, 5.41) is 8.85. The number of rotatable bonds is 2. The summed E-state index contributed by atoms with van der Waals surface area (Å²) in [6.45, 7) is 0. The topological polar surface area (TPSA) is 50.2 Å². The maximum atomic E-state index is 10.8. The minimum atomic E-state index is -0.689. The van der Waals surface area contributed by atoms with E-state index in [4.69, 9.17) is 5.11 Å². The van der Waals surface area contributed by atoms with Crippen molar-refractivity contribution < 1.29 is 9.90 Å². The van der Waals surface area contributed by atoms with Crippen LogP contribution < -0.4 is 0 Å². The first-order valence-corrected chi connectivity index (χ1v) is 5.10. The highest BCUT2D eigenvalue weighted by molar-refractivity contribution is 5.73. The van der Waals surface area contributed by atoms with Crippen molar-refractivity contribution in [2.45, 2.75) is 19.3 Å². The number of carboxylic acid groups (broad SMARTS) is 1. The SMILES string of the molecule is O=C(O)C1CC=C(c2ccccn2)CC1. The minimum absolute atomic E-state index is 0.211.